The summed E-state index contributed by atoms with van der Waals surface area (Å²) < 4.78 is 10.9. The minimum absolute atomic E-state index is 0.0532. The molecule has 138 valence electrons. The predicted molar refractivity (Wildman–Crippen MR) is 98.8 cm³/mol. The molecule has 1 aliphatic rings. The molecule has 0 aliphatic carbocycles. The molecule has 1 fully saturated rings. The summed E-state index contributed by atoms with van der Waals surface area (Å²) in [4.78, 5) is 28.7. The number of piperazine rings is 1. The van der Waals surface area contributed by atoms with Crippen LogP contribution in [0.1, 0.15) is 41.6 Å². The van der Waals surface area contributed by atoms with Crippen LogP contribution in [0.4, 0.5) is 5.69 Å². The maximum Gasteiger partial charge on any atom is 0.257 e. The van der Waals surface area contributed by atoms with E-state index in [1.165, 1.54) is 0 Å². The number of rotatable bonds is 4. The number of amides is 2. The molecule has 0 radical (unpaired) electrons. The molecule has 6 nitrogen and oxygen atoms in total. The maximum atomic E-state index is 12.8. The smallest absolute Gasteiger partial charge is 0.257 e. The lowest BCUT2D eigenvalue weighted by Gasteiger charge is -2.34. The Morgan fingerprint density at radius 1 is 1.23 bits per heavy atom. The lowest BCUT2D eigenvalue weighted by Crippen LogP contribution is -2.52. The molecule has 1 aromatic carbocycles. The summed E-state index contributed by atoms with van der Waals surface area (Å²) in [6.07, 6.45) is 0. The minimum atomic E-state index is -0.156. The molecular formula is C20H24N2O4. The number of carbonyl (C=O) groups is 2. The number of furan rings is 1. The summed E-state index contributed by atoms with van der Waals surface area (Å²) >= 11 is 0. The molecule has 0 unspecified atom stereocenters. The lowest BCUT2D eigenvalue weighted by molar-refractivity contribution is -0.120. The van der Waals surface area contributed by atoms with Crippen LogP contribution >= 0.6 is 0 Å². The van der Waals surface area contributed by atoms with Crippen LogP contribution in [0.25, 0.3) is 0 Å². The first kappa shape index (κ1) is 18.0. The third-order valence-corrected chi connectivity index (χ3v) is 4.61. The van der Waals surface area contributed by atoms with Gasteiger partial charge < -0.3 is 19.0 Å². The van der Waals surface area contributed by atoms with Gasteiger partial charge in [0.2, 0.25) is 5.91 Å². The average molecular weight is 356 g/mol. The molecule has 2 amide bonds. The van der Waals surface area contributed by atoms with Crippen molar-refractivity contribution < 1.29 is 18.7 Å². The molecule has 2 heterocycles. The topological polar surface area (TPSA) is 63.0 Å². The number of hydrogen-bond donors (Lipinski definition) is 0. The fraction of sp³-hybridized carbons (Fsp3) is 0.400. The van der Waals surface area contributed by atoms with Gasteiger partial charge in [0.05, 0.1) is 12.7 Å². The number of carbonyl (C=O) groups excluding carboxylic acids is 2. The second-order valence-corrected chi connectivity index (χ2v) is 6.75. The predicted octanol–water partition coefficient (Wildman–Crippen LogP) is 3.21. The number of methoxy groups -OCH3 is 1. The Kier molecular flexibility index (Phi) is 5.02. The van der Waals surface area contributed by atoms with Crippen molar-refractivity contribution in [1.29, 1.82) is 0 Å². The number of aryl methyl sites for hydroxylation is 1. The zero-order valence-corrected chi connectivity index (χ0v) is 15.6. The van der Waals surface area contributed by atoms with Crippen LogP contribution in [0, 0.1) is 6.92 Å². The van der Waals surface area contributed by atoms with Gasteiger partial charge in [-0.05, 0) is 25.1 Å². The van der Waals surface area contributed by atoms with Crippen LogP contribution < -0.4 is 9.64 Å². The third kappa shape index (κ3) is 3.45. The molecule has 26 heavy (non-hydrogen) atoms. The summed E-state index contributed by atoms with van der Waals surface area (Å²) in [6, 6.07) is 9.17. The summed E-state index contributed by atoms with van der Waals surface area (Å²) in [6.45, 7) is 6.80. The zero-order valence-electron chi connectivity index (χ0n) is 15.6. The van der Waals surface area contributed by atoms with Crippen LogP contribution in [0.3, 0.4) is 0 Å². The Labute approximate surface area is 153 Å². The summed E-state index contributed by atoms with van der Waals surface area (Å²) in [7, 11) is 1.59. The third-order valence-electron chi connectivity index (χ3n) is 4.61. The van der Waals surface area contributed by atoms with Gasteiger partial charge in [-0.15, -0.1) is 0 Å². The number of ether oxygens (including phenoxy) is 1. The van der Waals surface area contributed by atoms with E-state index >= 15 is 0 Å². The Balaban J connectivity index is 1.74. The van der Waals surface area contributed by atoms with Crippen molar-refractivity contribution >= 4 is 17.5 Å². The van der Waals surface area contributed by atoms with Crippen molar-refractivity contribution in [3.8, 4) is 5.75 Å². The Bertz CT molecular complexity index is 825. The molecule has 1 saturated heterocycles. The zero-order chi connectivity index (χ0) is 18.8. The molecule has 1 aliphatic heterocycles. The quantitative estimate of drug-likeness (QED) is 0.844. The van der Waals surface area contributed by atoms with Gasteiger partial charge in [-0.25, -0.2) is 0 Å². The molecule has 2 aromatic rings. The Hall–Kier alpha value is -2.76. The van der Waals surface area contributed by atoms with Gasteiger partial charge in [0.15, 0.2) is 0 Å². The van der Waals surface area contributed by atoms with E-state index in [0.717, 1.165) is 11.4 Å². The molecule has 6 heteroatoms. The van der Waals surface area contributed by atoms with Gasteiger partial charge in [-0.3, -0.25) is 9.59 Å². The van der Waals surface area contributed by atoms with E-state index in [9.17, 15) is 9.59 Å². The van der Waals surface area contributed by atoms with Gasteiger partial charge in [-0.1, -0.05) is 19.9 Å². The van der Waals surface area contributed by atoms with E-state index < -0.39 is 0 Å². The normalized spacial score (nSPS) is 14.9. The lowest BCUT2D eigenvalue weighted by atomic mass is 10.1. The van der Waals surface area contributed by atoms with Crippen molar-refractivity contribution in [2.24, 2.45) is 0 Å². The van der Waals surface area contributed by atoms with E-state index in [1.807, 2.05) is 38.1 Å². The van der Waals surface area contributed by atoms with Crippen molar-refractivity contribution in [2.45, 2.75) is 26.7 Å². The van der Waals surface area contributed by atoms with E-state index in [1.54, 1.807) is 29.9 Å². The van der Waals surface area contributed by atoms with Crippen LogP contribution in [0.2, 0.25) is 0 Å². The van der Waals surface area contributed by atoms with Crippen LogP contribution in [0.5, 0.6) is 5.75 Å². The Morgan fingerprint density at radius 3 is 2.62 bits per heavy atom. The summed E-state index contributed by atoms with van der Waals surface area (Å²) in [5.74, 6) is 2.03. The van der Waals surface area contributed by atoms with Crippen LogP contribution in [-0.4, -0.2) is 43.5 Å². The highest BCUT2D eigenvalue weighted by Gasteiger charge is 2.30. The first-order valence-corrected chi connectivity index (χ1v) is 8.74. The van der Waals surface area contributed by atoms with Gasteiger partial charge in [0.25, 0.3) is 5.91 Å². The molecule has 1 aromatic heterocycles. The van der Waals surface area contributed by atoms with E-state index in [2.05, 4.69) is 0 Å². The fourth-order valence-electron chi connectivity index (χ4n) is 3.07. The molecule has 0 spiro atoms. The standard InChI is InChI=1S/C20H24N2O4/c1-13(2)18-11-17(14(3)26-18)20(24)21-8-9-22(19(23)12-21)15-6-5-7-16(10-15)25-4/h5-7,10-11,13H,8-9,12H2,1-4H3. The fourth-order valence-corrected chi connectivity index (χ4v) is 3.07. The van der Waals surface area contributed by atoms with Crippen molar-refractivity contribution in [3.05, 3.63) is 47.4 Å². The number of hydrogen-bond acceptors (Lipinski definition) is 4. The van der Waals surface area contributed by atoms with Gasteiger partial charge in [0.1, 0.15) is 23.8 Å². The van der Waals surface area contributed by atoms with Crippen molar-refractivity contribution in [3.63, 3.8) is 0 Å². The molecule has 0 saturated carbocycles. The molecule has 0 N–H and O–H groups in total. The van der Waals surface area contributed by atoms with Crippen LogP contribution in [-0.2, 0) is 4.79 Å². The molecule has 0 bridgehead atoms. The van der Waals surface area contributed by atoms with Gasteiger partial charge >= 0.3 is 0 Å². The summed E-state index contributed by atoms with van der Waals surface area (Å²) in [5, 5.41) is 0. The highest BCUT2D eigenvalue weighted by Crippen LogP contribution is 2.25. The molecule has 0 atom stereocenters. The first-order chi connectivity index (χ1) is 12.4. The largest absolute Gasteiger partial charge is 0.497 e. The number of anilines is 1. The first-order valence-electron chi connectivity index (χ1n) is 8.74. The van der Waals surface area contributed by atoms with Gasteiger partial charge in [-0.2, -0.15) is 0 Å². The van der Waals surface area contributed by atoms with E-state index in [4.69, 9.17) is 9.15 Å². The monoisotopic (exact) mass is 356 g/mol. The second kappa shape index (κ2) is 7.23. The summed E-state index contributed by atoms with van der Waals surface area (Å²) in [5.41, 5.74) is 1.32. The van der Waals surface area contributed by atoms with Gasteiger partial charge in [0, 0.05) is 30.8 Å². The van der Waals surface area contributed by atoms with Crippen LogP contribution in [0.15, 0.2) is 34.7 Å². The minimum Gasteiger partial charge on any atom is -0.497 e. The maximum absolute atomic E-state index is 12.8. The molecule has 3 rings (SSSR count). The average Bonchev–Trinajstić information content (AvgIpc) is 3.03. The number of benzene rings is 1. The highest BCUT2D eigenvalue weighted by atomic mass is 16.5. The van der Waals surface area contributed by atoms with E-state index in [-0.39, 0.29) is 24.3 Å². The van der Waals surface area contributed by atoms with Crippen molar-refractivity contribution in [2.75, 3.05) is 31.6 Å². The van der Waals surface area contributed by atoms with E-state index in [0.29, 0.717) is 30.2 Å². The number of nitrogens with zero attached hydrogens (tertiary/aromatic N) is 2. The SMILES string of the molecule is COc1cccc(N2CCN(C(=O)c3cc(C(C)C)oc3C)CC2=O)c1. The second-order valence-electron chi connectivity index (χ2n) is 6.75. The highest BCUT2D eigenvalue weighted by molar-refractivity contribution is 6.02. The van der Waals surface area contributed by atoms with Crippen molar-refractivity contribution in [1.82, 2.24) is 4.90 Å². The Morgan fingerprint density at radius 2 is 2.00 bits per heavy atom. The molecular weight excluding hydrogens is 332 g/mol.